The summed E-state index contributed by atoms with van der Waals surface area (Å²) in [6.07, 6.45) is 1.67. The number of nitrogens with zero attached hydrogens (tertiary/aromatic N) is 1. The minimum Gasteiger partial charge on any atom is -0.506 e. The lowest BCUT2D eigenvalue weighted by atomic mass is 10.1. The first-order chi connectivity index (χ1) is 9.10. The van der Waals surface area contributed by atoms with Crippen LogP contribution in [-0.2, 0) is 0 Å². The number of hydrogen-bond acceptors (Lipinski definition) is 3. The van der Waals surface area contributed by atoms with Crippen molar-refractivity contribution >= 4 is 34.5 Å². The molecule has 0 atom stereocenters. The lowest BCUT2D eigenvalue weighted by Crippen LogP contribution is -1.87. The summed E-state index contributed by atoms with van der Waals surface area (Å²) in [6, 6.07) is 11.3. The number of aliphatic imine (C=N–C) groups is 1. The first-order valence-electron chi connectivity index (χ1n) is 5.77. The van der Waals surface area contributed by atoms with E-state index < -0.39 is 0 Å². The number of ether oxygens (including phenoxy) is 1. The van der Waals surface area contributed by atoms with Crippen LogP contribution in [0.1, 0.15) is 11.1 Å². The van der Waals surface area contributed by atoms with Crippen LogP contribution < -0.4 is 4.74 Å². The first-order valence-corrected chi connectivity index (χ1v) is 6.85. The van der Waals surface area contributed by atoms with Gasteiger partial charge in [-0.2, -0.15) is 0 Å². The van der Waals surface area contributed by atoms with Gasteiger partial charge in [-0.25, -0.2) is 0 Å². The lowest BCUT2D eigenvalue weighted by molar-refractivity contribution is 0.415. The fourth-order valence-electron chi connectivity index (χ4n) is 1.67. The van der Waals surface area contributed by atoms with Gasteiger partial charge in [0.1, 0.15) is 11.5 Å². The van der Waals surface area contributed by atoms with E-state index in [0.29, 0.717) is 0 Å². The minimum atomic E-state index is 0.267. The molecule has 0 radical (unpaired) electrons. The largest absolute Gasteiger partial charge is 0.506 e. The zero-order chi connectivity index (χ0) is 13.8. The van der Waals surface area contributed by atoms with Crippen LogP contribution in [0, 0.1) is 10.5 Å². The third-order valence-corrected chi connectivity index (χ3v) is 3.48. The Labute approximate surface area is 126 Å². The fraction of sp³-hybridized carbons (Fsp3) is 0.133. The molecule has 19 heavy (non-hydrogen) atoms. The Hall–Kier alpha value is -1.56. The summed E-state index contributed by atoms with van der Waals surface area (Å²) in [5, 5.41) is 9.96. The number of halogens is 1. The Balaban J connectivity index is 2.27. The van der Waals surface area contributed by atoms with Crippen LogP contribution in [0.3, 0.4) is 0 Å². The van der Waals surface area contributed by atoms with E-state index in [9.17, 15) is 5.11 Å². The molecule has 0 saturated heterocycles. The van der Waals surface area contributed by atoms with Gasteiger partial charge in [0, 0.05) is 11.8 Å². The van der Waals surface area contributed by atoms with Gasteiger partial charge in [-0.1, -0.05) is 0 Å². The molecule has 2 aromatic rings. The molecule has 98 valence electrons. The van der Waals surface area contributed by atoms with E-state index in [1.54, 1.807) is 13.3 Å². The van der Waals surface area contributed by atoms with Gasteiger partial charge in [0.2, 0.25) is 0 Å². The number of phenolic OH excluding ortho intramolecular Hbond substituents is 1. The molecule has 2 rings (SSSR count). The highest BCUT2D eigenvalue weighted by atomic mass is 127. The van der Waals surface area contributed by atoms with Crippen LogP contribution in [-0.4, -0.2) is 18.4 Å². The zero-order valence-electron chi connectivity index (χ0n) is 10.7. The standard InChI is InChI=1S/C15H14INO2/c1-10-7-11(15(18)14(16)8-10)9-17-12-3-5-13(19-2)6-4-12/h3-9,18H,1-2H3. The maximum atomic E-state index is 9.96. The fourth-order valence-corrected chi connectivity index (χ4v) is 2.47. The molecule has 0 aromatic heterocycles. The van der Waals surface area contributed by atoms with Gasteiger partial charge in [0.15, 0.2) is 0 Å². The Morgan fingerprint density at radius 1 is 1.21 bits per heavy atom. The Morgan fingerprint density at radius 3 is 2.53 bits per heavy atom. The molecule has 3 nitrogen and oxygen atoms in total. The average molecular weight is 367 g/mol. The van der Waals surface area contributed by atoms with Gasteiger partial charge in [-0.15, -0.1) is 0 Å². The Kier molecular flexibility index (Phi) is 4.42. The molecule has 1 N–H and O–H groups in total. The van der Waals surface area contributed by atoms with E-state index in [0.717, 1.165) is 26.1 Å². The highest BCUT2D eigenvalue weighted by Gasteiger charge is 2.04. The van der Waals surface area contributed by atoms with Crippen molar-refractivity contribution in [1.29, 1.82) is 0 Å². The van der Waals surface area contributed by atoms with Crippen molar-refractivity contribution in [1.82, 2.24) is 0 Å². The molecule has 2 aromatic carbocycles. The molecular formula is C15H14INO2. The summed E-state index contributed by atoms with van der Waals surface area (Å²) in [5.74, 6) is 1.07. The van der Waals surface area contributed by atoms with Crippen LogP contribution in [0.15, 0.2) is 41.4 Å². The van der Waals surface area contributed by atoms with Crippen LogP contribution in [0.25, 0.3) is 0 Å². The van der Waals surface area contributed by atoms with Gasteiger partial charge in [-0.05, 0) is 71.5 Å². The monoisotopic (exact) mass is 367 g/mol. The SMILES string of the molecule is COc1ccc(N=Cc2cc(C)cc(I)c2O)cc1. The molecule has 0 amide bonds. The summed E-state index contributed by atoms with van der Waals surface area (Å²) in [5.41, 5.74) is 2.63. The van der Waals surface area contributed by atoms with E-state index in [-0.39, 0.29) is 5.75 Å². The van der Waals surface area contributed by atoms with Gasteiger partial charge >= 0.3 is 0 Å². The molecule has 0 spiro atoms. The summed E-state index contributed by atoms with van der Waals surface area (Å²) >= 11 is 2.11. The topological polar surface area (TPSA) is 41.8 Å². The lowest BCUT2D eigenvalue weighted by Gasteiger charge is -2.04. The zero-order valence-corrected chi connectivity index (χ0v) is 12.9. The van der Waals surface area contributed by atoms with Crippen LogP contribution in [0.5, 0.6) is 11.5 Å². The molecular weight excluding hydrogens is 353 g/mol. The average Bonchev–Trinajstić information content (AvgIpc) is 2.41. The van der Waals surface area contributed by atoms with Crippen molar-refractivity contribution in [2.75, 3.05) is 7.11 Å². The molecule has 0 saturated carbocycles. The van der Waals surface area contributed by atoms with Crippen molar-refractivity contribution < 1.29 is 9.84 Å². The normalized spacial score (nSPS) is 10.9. The number of aryl methyl sites for hydroxylation is 1. The molecule has 0 heterocycles. The van der Waals surface area contributed by atoms with Crippen molar-refractivity contribution in [3.8, 4) is 11.5 Å². The smallest absolute Gasteiger partial charge is 0.137 e. The van der Waals surface area contributed by atoms with E-state index in [2.05, 4.69) is 27.6 Å². The number of aromatic hydroxyl groups is 1. The number of methoxy groups -OCH3 is 1. The van der Waals surface area contributed by atoms with Crippen LogP contribution in [0.2, 0.25) is 0 Å². The molecule has 0 aliphatic rings. The van der Waals surface area contributed by atoms with E-state index in [4.69, 9.17) is 4.74 Å². The summed E-state index contributed by atoms with van der Waals surface area (Å²) in [6.45, 7) is 1.99. The third kappa shape index (κ3) is 3.47. The third-order valence-electron chi connectivity index (χ3n) is 2.66. The predicted molar refractivity (Wildman–Crippen MR) is 85.8 cm³/mol. The second kappa shape index (κ2) is 6.06. The van der Waals surface area contributed by atoms with E-state index in [1.165, 1.54) is 0 Å². The number of benzene rings is 2. The molecule has 0 aliphatic heterocycles. The van der Waals surface area contributed by atoms with Crippen molar-refractivity contribution in [3.63, 3.8) is 0 Å². The quantitative estimate of drug-likeness (QED) is 0.657. The summed E-state index contributed by atoms with van der Waals surface area (Å²) in [4.78, 5) is 4.35. The van der Waals surface area contributed by atoms with Crippen LogP contribution >= 0.6 is 22.6 Å². The number of rotatable bonds is 3. The van der Waals surface area contributed by atoms with Gasteiger partial charge in [-0.3, -0.25) is 4.99 Å². The van der Waals surface area contributed by atoms with Gasteiger partial charge in [0.25, 0.3) is 0 Å². The molecule has 0 unspecified atom stereocenters. The maximum Gasteiger partial charge on any atom is 0.137 e. The van der Waals surface area contributed by atoms with Crippen molar-refractivity contribution in [2.24, 2.45) is 4.99 Å². The Morgan fingerprint density at radius 2 is 1.89 bits per heavy atom. The maximum absolute atomic E-state index is 9.96. The Bertz CT molecular complexity index is 606. The first kappa shape index (κ1) is 13.9. The van der Waals surface area contributed by atoms with Gasteiger partial charge < -0.3 is 9.84 Å². The van der Waals surface area contributed by atoms with Crippen molar-refractivity contribution in [2.45, 2.75) is 6.92 Å². The van der Waals surface area contributed by atoms with E-state index >= 15 is 0 Å². The molecule has 0 bridgehead atoms. The highest BCUT2D eigenvalue weighted by molar-refractivity contribution is 14.1. The highest BCUT2D eigenvalue weighted by Crippen LogP contribution is 2.25. The molecule has 4 heteroatoms. The van der Waals surface area contributed by atoms with Crippen molar-refractivity contribution in [3.05, 3.63) is 51.1 Å². The second-order valence-corrected chi connectivity index (χ2v) is 5.30. The molecule has 0 aliphatic carbocycles. The minimum absolute atomic E-state index is 0.267. The second-order valence-electron chi connectivity index (χ2n) is 4.14. The number of hydrogen-bond donors (Lipinski definition) is 1. The number of phenols is 1. The van der Waals surface area contributed by atoms with Crippen LogP contribution in [0.4, 0.5) is 5.69 Å². The molecule has 0 fully saturated rings. The summed E-state index contributed by atoms with van der Waals surface area (Å²) in [7, 11) is 1.63. The van der Waals surface area contributed by atoms with E-state index in [1.807, 2.05) is 43.3 Å². The predicted octanol–water partition coefficient (Wildman–Crippen LogP) is 4.06. The summed E-state index contributed by atoms with van der Waals surface area (Å²) < 4.78 is 5.92. The van der Waals surface area contributed by atoms with Gasteiger partial charge in [0.05, 0.1) is 16.4 Å².